The van der Waals surface area contributed by atoms with E-state index in [4.69, 9.17) is 4.74 Å². The van der Waals surface area contributed by atoms with Crippen LogP contribution in [0.25, 0.3) is 0 Å². The van der Waals surface area contributed by atoms with Gasteiger partial charge in [-0.1, -0.05) is 25.1 Å². The van der Waals surface area contributed by atoms with Crippen LogP contribution in [-0.4, -0.2) is 42.9 Å². The molecule has 0 radical (unpaired) electrons. The Labute approximate surface area is 177 Å². The number of hydrogen-bond acceptors (Lipinski definition) is 3. The molecule has 3 aliphatic rings. The number of rotatable bonds is 6. The van der Waals surface area contributed by atoms with Gasteiger partial charge < -0.3 is 14.7 Å². The fourth-order valence-electron chi connectivity index (χ4n) is 6.82. The van der Waals surface area contributed by atoms with Crippen LogP contribution in [0.4, 0.5) is 0 Å². The predicted octanol–water partition coefficient (Wildman–Crippen LogP) is 5.18. The second kappa shape index (κ2) is 8.07. The van der Waals surface area contributed by atoms with Crippen molar-refractivity contribution < 1.29 is 9.84 Å². The Bertz CT molecular complexity index is 757. The van der Waals surface area contributed by atoms with Crippen molar-refractivity contribution in [3.63, 3.8) is 0 Å². The maximum atomic E-state index is 11.4. The van der Waals surface area contributed by atoms with Gasteiger partial charge in [0.15, 0.2) is 0 Å². The number of fused-ring (bicyclic) bond motifs is 5. The highest BCUT2D eigenvalue weighted by molar-refractivity contribution is 5.41. The molecule has 0 spiro atoms. The lowest BCUT2D eigenvalue weighted by Crippen LogP contribution is -2.49. The van der Waals surface area contributed by atoms with Crippen molar-refractivity contribution in [2.24, 2.45) is 17.3 Å². The van der Waals surface area contributed by atoms with Gasteiger partial charge in [-0.05, 0) is 107 Å². The summed E-state index contributed by atoms with van der Waals surface area (Å²) in [6, 6.07) is 6.85. The van der Waals surface area contributed by atoms with Crippen molar-refractivity contribution in [3.05, 3.63) is 41.5 Å². The van der Waals surface area contributed by atoms with Crippen LogP contribution >= 0.6 is 0 Å². The van der Waals surface area contributed by atoms with Gasteiger partial charge in [-0.3, -0.25) is 0 Å². The van der Waals surface area contributed by atoms with Crippen molar-refractivity contribution in [3.8, 4) is 5.75 Å². The molecule has 2 saturated carbocycles. The van der Waals surface area contributed by atoms with Gasteiger partial charge in [0.25, 0.3) is 0 Å². The Kier molecular flexibility index (Phi) is 5.83. The van der Waals surface area contributed by atoms with Gasteiger partial charge in [-0.2, -0.15) is 0 Å². The Morgan fingerprint density at radius 1 is 1.21 bits per heavy atom. The Hall–Kier alpha value is -1.32. The van der Waals surface area contributed by atoms with Crippen LogP contribution in [0.15, 0.2) is 30.4 Å². The van der Waals surface area contributed by atoms with E-state index in [0.717, 1.165) is 44.6 Å². The van der Waals surface area contributed by atoms with E-state index in [2.05, 4.69) is 56.3 Å². The fraction of sp³-hybridized carbons (Fsp3) is 0.692. The molecule has 0 unspecified atom stereocenters. The summed E-state index contributed by atoms with van der Waals surface area (Å²) in [6.45, 7) is 6.25. The van der Waals surface area contributed by atoms with Crippen molar-refractivity contribution in [2.45, 2.75) is 70.3 Å². The summed E-state index contributed by atoms with van der Waals surface area (Å²) >= 11 is 0. The first kappa shape index (κ1) is 20.9. The van der Waals surface area contributed by atoms with Gasteiger partial charge in [-0.15, -0.1) is 0 Å². The zero-order chi connectivity index (χ0) is 20.6. The minimum atomic E-state index is -0.609. The number of aliphatic hydroxyl groups is 1. The summed E-state index contributed by atoms with van der Waals surface area (Å²) in [5.74, 6) is 3.04. The van der Waals surface area contributed by atoms with Crippen LogP contribution in [-0.2, 0) is 6.42 Å². The van der Waals surface area contributed by atoms with Crippen LogP contribution in [0.5, 0.6) is 5.75 Å². The molecule has 0 aromatic heterocycles. The van der Waals surface area contributed by atoms with Crippen LogP contribution in [0.2, 0.25) is 0 Å². The largest absolute Gasteiger partial charge is 0.494 e. The first-order valence-electron chi connectivity index (χ1n) is 11.6. The van der Waals surface area contributed by atoms with Crippen molar-refractivity contribution in [2.75, 3.05) is 27.2 Å². The third-order valence-electron chi connectivity index (χ3n) is 8.37. The van der Waals surface area contributed by atoms with E-state index < -0.39 is 5.60 Å². The molecule has 3 heteroatoms. The van der Waals surface area contributed by atoms with Crippen molar-refractivity contribution in [1.29, 1.82) is 0 Å². The van der Waals surface area contributed by atoms with E-state index in [1.807, 2.05) is 6.92 Å². The molecule has 2 fully saturated rings. The number of ether oxygens (including phenoxy) is 1. The summed E-state index contributed by atoms with van der Waals surface area (Å²) in [7, 11) is 4.21. The minimum absolute atomic E-state index is 0.0354. The molecule has 0 amide bonds. The summed E-state index contributed by atoms with van der Waals surface area (Å²) in [6.07, 6.45) is 12.0. The summed E-state index contributed by atoms with van der Waals surface area (Å²) in [5, 5.41) is 11.4. The molecule has 0 aliphatic heterocycles. The number of benzene rings is 1. The summed E-state index contributed by atoms with van der Waals surface area (Å²) < 4.78 is 6.03. The maximum absolute atomic E-state index is 11.4. The minimum Gasteiger partial charge on any atom is -0.494 e. The Morgan fingerprint density at radius 2 is 2.03 bits per heavy atom. The van der Waals surface area contributed by atoms with Gasteiger partial charge >= 0.3 is 0 Å². The molecule has 1 aromatic rings. The Balaban J connectivity index is 1.48. The molecule has 3 nitrogen and oxygen atoms in total. The lowest BCUT2D eigenvalue weighted by Gasteiger charge is -2.52. The molecule has 1 aromatic carbocycles. The van der Waals surface area contributed by atoms with Crippen LogP contribution in [0, 0.1) is 17.3 Å². The molecule has 5 atom stereocenters. The molecule has 29 heavy (non-hydrogen) atoms. The second-order valence-corrected chi connectivity index (χ2v) is 10.2. The molecule has 0 saturated heterocycles. The third kappa shape index (κ3) is 3.65. The average Bonchev–Trinajstić information content (AvgIpc) is 2.96. The molecular weight excluding hydrogens is 358 g/mol. The molecule has 4 rings (SSSR count). The quantitative estimate of drug-likeness (QED) is 0.530. The van der Waals surface area contributed by atoms with E-state index in [9.17, 15) is 5.11 Å². The lowest BCUT2D eigenvalue weighted by molar-refractivity contribution is -0.0710. The van der Waals surface area contributed by atoms with Gasteiger partial charge in [-0.25, -0.2) is 0 Å². The van der Waals surface area contributed by atoms with E-state index >= 15 is 0 Å². The summed E-state index contributed by atoms with van der Waals surface area (Å²) in [4.78, 5) is 2.20. The third-order valence-corrected chi connectivity index (χ3v) is 8.37. The van der Waals surface area contributed by atoms with Gasteiger partial charge in [0.1, 0.15) is 5.75 Å². The number of nitrogens with zero attached hydrogens (tertiary/aromatic N) is 1. The normalized spacial score (nSPS) is 36.1. The zero-order valence-electron chi connectivity index (χ0n) is 18.8. The van der Waals surface area contributed by atoms with E-state index in [0.29, 0.717) is 17.8 Å². The van der Waals surface area contributed by atoms with E-state index in [-0.39, 0.29) is 5.41 Å². The van der Waals surface area contributed by atoms with Crippen molar-refractivity contribution in [1.82, 2.24) is 4.90 Å². The van der Waals surface area contributed by atoms with Crippen LogP contribution in [0.1, 0.15) is 69.4 Å². The molecule has 0 heterocycles. The lowest BCUT2D eigenvalue weighted by atomic mass is 9.53. The van der Waals surface area contributed by atoms with Crippen molar-refractivity contribution >= 4 is 0 Å². The topological polar surface area (TPSA) is 32.7 Å². The molecule has 3 aliphatic carbocycles. The zero-order valence-corrected chi connectivity index (χ0v) is 18.8. The SMILES string of the molecule is CC=C[C@@]1(O)CC[C@H]2[C@@H]3CCc4cc(OCCCN(C)C)ccc4[C@H]3CC[C@@]21C. The highest BCUT2D eigenvalue weighted by Gasteiger charge is 2.60. The number of aryl methyl sites for hydroxylation is 1. The highest BCUT2D eigenvalue weighted by atomic mass is 16.5. The predicted molar refractivity (Wildman–Crippen MR) is 119 cm³/mol. The highest BCUT2D eigenvalue weighted by Crippen LogP contribution is 2.64. The first-order chi connectivity index (χ1) is 13.9. The average molecular weight is 398 g/mol. The summed E-state index contributed by atoms with van der Waals surface area (Å²) in [5.41, 5.74) is 2.49. The first-order valence-corrected chi connectivity index (χ1v) is 11.6. The maximum Gasteiger partial charge on any atom is 0.119 e. The molecular formula is C26H39NO2. The standard InChI is InChI=1S/C26H39NO2/c1-5-13-26(28)15-12-24-23-9-7-19-18-20(29-17-6-16-27(3)4)8-10-21(19)22(23)11-14-25(24,26)2/h5,8,10,13,18,22-24,28H,6-7,9,11-12,14-17H2,1-4H3/t22-,23-,24+,25+,26-/m1/s1. The van der Waals surface area contributed by atoms with E-state index in [1.54, 1.807) is 5.56 Å². The second-order valence-electron chi connectivity index (χ2n) is 10.2. The number of allylic oxidation sites excluding steroid dienone is 1. The smallest absolute Gasteiger partial charge is 0.119 e. The van der Waals surface area contributed by atoms with Crippen LogP contribution in [0.3, 0.4) is 0 Å². The molecule has 1 N–H and O–H groups in total. The molecule has 0 bridgehead atoms. The monoisotopic (exact) mass is 397 g/mol. The fourth-order valence-corrected chi connectivity index (χ4v) is 6.82. The van der Waals surface area contributed by atoms with Gasteiger partial charge in [0.2, 0.25) is 0 Å². The Morgan fingerprint density at radius 3 is 2.79 bits per heavy atom. The van der Waals surface area contributed by atoms with Gasteiger partial charge in [0, 0.05) is 12.0 Å². The molecule has 160 valence electrons. The van der Waals surface area contributed by atoms with Crippen LogP contribution < -0.4 is 4.74 Å². The number of hydrogen-bond donors (Lipinski definition) is 1. The van der Waals surface area contributed by atoms with E-state index in [1.165, 1.54) is 24.8 Å². The van der Waals surface area contributed by atoms with Gasteiger partial charge in [0.05, 0.1) is 12.2 Å².